The number of aromatic nitrogens is 2. The quantitative estimate of drug-likeness (QED) is 0.914. The Morgan fingerprint density at radius 2 is 2.45 bits per heavy atom. The molecular weight excluding hydrogens is 302 g/mol. The average Bonchev–Trinajstić information content (AvgIpc) is 3.24. The van der Waals surface area contributed by atoms with Gasteiger partial charge in [-0.1, -0.05) is 16.6 Å². The Morgan fingerprint density at radius 1 is 1.55 bits per heavy atom. The van der Waals surface area contributed by atoms with Gasteiger partial charge in [0.05, 0.1) is 13.2 Å². The van der Waals surface area contributed by atoms with Gasteiger partial charge in [-0.05, 0) is 36.5 Å². The molecule has 3 rings (SSSR count). The van der Waals surface area contributed by atoms with E-state index < -0.39 is 0 Å². The number of carbonyl (C=O) groups is 1. The van der Waals surface area contributed by atoms with Crippen LogP contribution in [-0.2, 0) is 4.74 Å². The van der Waals surface area contributed by atoms with Crippen LogP contribution in [0.5, 0.6) is 5.75 Å². The minimum atomic E-state index is -0.164. The minimum absolute atomic E-state index is 0.116. The molecule has 1 N–H and O–H groups in total. The van der Waals surface area contributed by atoms with Gasteiger partial charge < -0.3 is 14.8 Å². The number of ether oxygens (including phenoxy) is 2. The van der Waals surface area contributed by atoms with E-state index >= 15 is 0 Å². The summed E-state index contributed by atoms with van der Waals surface area (Å²) in [5.74, 6) is 0.555. The molecule has 1 aromatic heterocycles. The van der Waals surface area contributed by atoms with E-state index in [1.54, 1.807) is 7.11 Å². The lowest BCUT2D eigenvalue weighted by molar-refractivity contribution is 0.0861. The van der Waals surface area contributed by atoms with Crippen LogP contribution < -0.4 is 10.1 Å². The molecule has 1 amide bonds. The van der Waals surface area contributed by atoms with Crippen molar-refractivity contribution in [3.8, 4) is 17.0 Å². The fourth-order valence-corrected chi connectivity index (χ4v) is 3.00. The number of nitrogens with zero attached hydrogens (tertiary/aromatic N) is 2. The number of hydrogen-bond acceptors (Lipinski definition) is 6. The monoisotopic (exact) mass is 319 g/mol. The molecule has 0 aliphatic carbocycles. The maximum absolute atomic E-state index is 12.3. The lowest BCUT2D eigenvalue weighted by atomic mass is 10.1. The standard InChI is InChI=1S/C15H17N3O3S/c1-20-11-5-2-4-10(8-11)13-14(22-18-17-13)15(19)16-9-12-6-3-7-21-12/h2,4-5,8,12H,3,6-7,9H2,1H3,(H,16,19). The van der Waals surface area contributed by atoms with E-state index in [0.717, 1.165) is 42.3 Å². The lowest BCUT2D eigenvalue weighted by Gasteiger charge is -2.10. The Hall–Kier alpha value is -1.99. The van der Waals surface area contributed by atoms with Gasteiger partial charge in [-0.3, -0.25) is 4.79 Å². The predicted molar refractivity (Wildman–Crippen MR) is 83.2 cm³/mol. The van der Waals surface area contributed by atoms with Crippen LogP contribution in [0.25, 0.3) is 11.3 Å². The van der Waals surface area contributed by atoms with E-state index in [-0.39, 0.29) is 12.0 Å². The number of methoxy groups -OCH3 is 1. The molecule has 0 radical (unpaired) electrons. The summed E-state index contributed by atoms with van der Waals surface area (Å²) in [5.41, 5.74) is 1.39. The van der Waals surface area contributed by atoms with Crippen LogP contribution in [0.2, 0.25) is 0 Å². The minimum Gasteiger partial charge on any atom is -0.497 e. The number of nitrogens with one attached hydrogen (secondary N) is 1. The summed E-state index contributed by atoms with van der Waals surface area (Å²) in [6.45, 7) is 1.30. The van der Waals surface area contributed by atoms with E-state index in [0.29, 0.717) is 17.1 Å². The highest BCUT2D eigenvalue weighted by atomic mass is 32.1. The summed E-state index contributed by atoms with van der Waals surface area (Å²) in [6, 6.07) is 7.44. The Kier molecular flexibility index (Phi) is 4.65. The smallest absolute Gasteiger partial charge is 0.265 e. The van der Waals surface area contributed by atoms with E-state index in [1.165, 1.54) is 0 Å². The molecule has 6 nitrogen and oxygen atoms in total. The molecule has 0 spiro atoms. The van der Waals surface area contributed by atoms with Crippen molar-refractivity contribution >= 4 is 17.4 Å². The van der Waals surface area contributed by atoms with Gasteiger partial charge in [0.15, 0.2) is 0 Å². The van der Waals surface area contributed by atoms with Crippen molar-refractivity contribution in [1.29, 1.82) is 0 Å². The molecule has 1 unspecified atom stereocenters. The molecule has 1 fully saturated rings. The second-order valence-corrected chi connectivity index (χ2v) is 5.78. The largest absolute Gasteiger partial charge is 0.497 e. The average molecular weight is 319 g/mol. The molecule has 0 saturated carbocycles. The number of amides is 1. The molecule has 1 aliphatic rings. The first-order valence-corrected chi connectivity index (χ1v) is 7.92. The first-order chi connectivity index (χ1) is 10.8. The molecule has 7 heteroatoms. The van der Waals surface area contributed by atoms with E-state index in [4.69, 9.17) is 9.47 Å². The van der Waals surface area contributed by atoms with Crippen LogP contribution in [0.4, 0.5) is 0 Å². The van der Waals surface area contributed by atoms with Crippen LogP contribution in [0.15, 0.2) is 24.3 Å². The molecule has 1 aromatic carbocycles. The van der Waals surface area contributed by atoms with Gasteiger partial charge in [0.1, 0.15) is 16.3 Å². The van der Waals surface area contributed by atoms with Gasteiger partial charge in [-0.25, -0.2) is 0 Å². The van der Waals surface area contributed by atoms with Crippen molar-refractivity contribution in [1.82, 2.24) is 14.9 Å². The maximum Gasteiger partial charge on any atom is 0.265 e. The maximum atomic E-state index is 12.3. The van der Waals surface area contributed by atoms with Gasteiger partial charge >= 0.3 is 0 Å². The van der Waals surface area contributed by atoms with Gasteiger partial charge in [-0.2, -0.15) is 0 Å². The fraction of sp³-hybridized carbons (Fsp3) is 0.400. The third-order valence-corrected chi connectivity index (χ3v) is 4.28. The highest BCUT2D eigenvalue weighted by Crippen LogP contribution is 2.27. The zero-order chi connectivity index (χ0) is 15.4. The van der Waals surface area contributed by atoms with Crippen LogP contribution in [0.1, 0.15) is 22.5 Å². The Labute approximate surface area is 132 Å². The second kappa shape index (κ2) is 6.85. The molecule has 1 atom stereocenters. The number of benzene rings is 1. The summed E-state index contributed by atoms with van der Waals surface area (Å²) >= 11 is 1.09. The van der Waals surface area contributed by atoms with E-state index in [1.807, 2.05) is 24.3 Å². The first-order valence-electron chi connectivity index (χ1n) is 7.14. The number of rotatable bonds is 5. The first kappa shape index (κ1) is 14.9. The van der Waals surface area contributed by atoms with Crippen molar-refractivity contribution in [3.05, 3.63) is 29.1 Å². The predicted octanol–water partition coefficient (Wildman–Crippen LogP) is 2.12. The van der Waals surface area contributed by atoms with Gasteiger partial charge in [0.25, 0.3) is 5.91 Å². The fourth-order valence-electron chi connectivity index (χ4n) is 2.39. The molecule has 2 aromatic rings. The van der Waals surface area contributed by atoms with Gasteiger partial charge in [0.2, 0.25) is 0 Å². The normalized spacial score (nSPS) is 17.4. The topological polar surface area (TPSA) is 73.3 Å². The van der Waals surface area contributed by atoms with E-state index in [2.05, 4.69) is 14.9 Å². The van der Waals surface area contributed by atoms with Crippen LogP contribution in [-0.4, -0.2) is 41.9 Å². The third kappa shape index (κ3) is 3.26. The van der Waals surface area contributed by atoms with Crippen molar-refractivity contribution in [2.24, 2.45) is 0 Å². The zero-order valence-corrected chi connectivity index (χ0v) is 13.1. The molecular formula is C15H17N3O3S. The summed E-state index contributed by atoms with van der Waals surface area (Å²) in [6.07, 6.45) is 2.16. The molecule has 0 bridgehead atoms. The summed E-state index contributed by atoms with van der Waals surface area (Å²) < 4.78 is 14.6. The van der Waals surface area contributed by atoms with Crippen molar-refractivity contribution in [2.75, 3.05) is 20.3 Å². The Balaban J connectivity index is 1.74. The Bertz CT molecular complexity index is 653. The van der Waals surface area contributed by atoms with Crippen LogP contribution >= 0.6 is 11.5 Å². The molecule has 2 heterocycles. The summed E-state index contributed by atoms with van der Waals surface area (Å²) in [7, 11) is 1.60. The van der Waals surface area contributed by atoms with E-state index in [9.17, 15) is 4.79 Å². The second-order valence-electron chi connectivity index (χ2n) is 5.03. The Morgan fingerprint density at radius 3 is 3.23 bits per heavy atom. The highest BCUT2D eigenvalue weighted by molar-refractivity contribution is 7.08. The SMILES string of the molecule is COc1cccc(-c2nnsc2C(=O)NCC2CCCO2)c1. The third-order valence-electron chi connectivity index (χ3n) is 3.55. The highest BCUT2D eigenvalue weighted by Gasteiger charge is 2.21. The molecule has 1 saturated heterocycles. The van der Waals surface area contributed by atoms with Crippen molar-refractivity contribution < 1.29 is 14.3 Å². The summed E-state index contributed by atoms with van der Waals surface area (Å²) in [5, 5.41) is 6.98. The van der Waals surface area contributed by atoms with Gasteiger partial charge in [0, 0.05) is 18.7 Å². The molecule has 22 heavy (non-hydrogen) atoms. The molecule has 1 aliphatic heterocycles. The van der Waals surface area contributed by atoms with Crippen LogP contribution in [0.3, 0.4) is 0 Å². The molecule has 116 valence electrons. The van der Waals surface area contributed by atoms with Crippen LogP contribution in [0, 0.1) is 0 Å². The van der Waals surface area contributed by atoms with Crippen molar-refractivity contribution in [2.45, 2.75) is 18.9 Å². The van der Waals surface area contributed by atoms with Crippen molar-refractivity contribution in [3.63, 3.8) is 0 Å². The zero-order valence-electron chi connectivity index (χ0n) is 12.2. The van der Waals surface area contributed by atoms with Gasteiger partial charge in [-0.15, -0.1) is 5.10 Å². The summed E-state index contributed by atoms with van der Waals surface area (Å²) in [4.78, 5) is 12.8. The number of carbonyl (C=O) groups excluding carboxylic acids is 1. The number of hydrogen-bond donors (Lipinski definition) is 1. The lowest BCUT2D eigenvalue weighted by Crippen LogP contribution is -2.31.